The fourth-order valence-electron chi connectivity index (χ4n) is 3.42. The number of alkyl halides is 3. The Morgan fingerprint density at radius 2 is 1.88 bits per heavy atom. The molecule has 1 aromatic carbocycles. The smallest absolute Gasteiger partial charge is 0.390 e. The molecule has 2 N–H and O–H groups in total. The van der Waals surface area contributed by atoms with Crippen LogP contribution in [0.5, 0.6) is 0 Å². The molecule has 0 saturated carbocycles. The van der Waals surface area contributed by atoms with E-state index in [2.05, 4.69) is 15.1 Å². The minimum absolute atomic E-state index is 0.0855. The minimum Gasteiger partial charge on any atom is -0.390 e. The van der Waals surface area contributed by atoms with Crippen LogP contribution in [0.3, 0.4) is 0 Å². The Morgan fingerprint density at radius 3 is 2.54 bits per heavy atom. The van der Waals surface area contributed by atoms with Gasteiger partial charge in [-0.05, 0) is 25.2 Å². The second-order valence-electron chi connectivity index (χ2n) is 6.89. The number of β-amino-alcohol motifs (C(OH)–C–C–N with tert-alkyl or cyclic N) is 1. The van der Waals surface area contributed by atoms with Gasteiger partial charge in [0.15, 0.2) is 0 Å². The third kappa shape index (κ3) is 4.28. The molecule has 0 radical (unpaired) electrons. The Balaban J connectivity index is 1.61. The van der Waals surface area contributed by atoms with Crippen molar-refractivity contribution < 1.29 is 23.1 Å². The van der Waals surface area contributed by atoms with Crippen LogP contribution in [0.1, 0.15) is 5.56 Å². The van der Waals surface area contributed by atoms with Crippen molar-refractivity contribution in [2.75, 3.05) is 51.6 Å². The standard InChI is InChI=1S/C17H23F3N4O2/c1-22-5-7-23(8-6-22)14-10-24(11-15(14)25)16(26)21-13-4-2-3-12(9-13)17(18,19)20/h2-4,9,14-15,25H,5-8,10-11H2,1H3,(H,21,26)/t14-,15-/m1/s1. The number of hydrogen-bond donors (Lipinski definition) is 2. The molecule has 0 aliphatic carbocycles. The quantitative estimate of drug-likeness (QED) is 0.827. The average molecular weight is 372 g/mol. The molecular weight excluding hydrogens is 349 g/mol. The van der Waals surface area contributed by atoms with Gasteiger partial charge in [0.2, 0.25) is 0 Å². The lowest BCUT2D eigenvalue weighted by molar-refractivity contribution is -0.137. The van der Waals surface area contributed by atoms with E-state index in [-0.39, 0.29) is 18.3 Å². The van der Waals surface area contributed by atoms with Crippen LogP contribution >= 0.6 is 0 Å². The lowest BCUT2D eigenvalue weighted by Gasteiger charge is -2.37. The highest BCUT2D eigenvalue weighted by Gasteiger charge is 2.38. The number of amides is 2. The van der Waals surface area contributed by atoms with E-state index in [9.17, 15) is 23.1 Å². The number of piperazine rings is 1. The molecule has 2 heterocycles. The largest absolute Gasteiger partial charge is 0.416 e. The number of carbonyl (C=O) groups excluding carboxylic acids is 1. The molecule has 1 aromatic rings. The highest BCUT2D eigenvalue weighted by Crippen LogP contribution is 2.30. The number of aliphatic hydroxyl groups is 1. The number of carbonyl (C=O) groups is 1. The first-order valence-corrected chi connectivity index (χ1v) is 8.58. The summed E-state index contributed by atoms with van der Waals surface area (Å²) in [6, 6.07) is 3.89. The molecule has 2 amide bonds. The second kappa shape index (κ2) is 7.42. The third-order valence-corrected chi connectivity index (χ3v) is 4.99. The van der Waals surface area contributed by atoms with Crippen LogP contribution in [-0.4, -0.2) is 84.3 Å². The van der Waals surface area contributed by atoms with Crippen molar-refractivity contribution in [1.29, 1.82) is 0 Å². The fourth-order valence-corrected chi connectivity index (χ4v) is 3.42. The van der Waals surface area contributed by atoms with Gasteiger partial charge in [0.25, 0.3) is 0 Å². The van der Waals surface area contributed by atoms with Crippen LogP contribution in [0.2, 0.25) is 0 Å². The number of rotatable bonds is 2. The van der Waals surface area contributed by atoms with E-state index >= 15 is 0 Å². The van der Waals surface area contributed by atoms with E-state index in [4.69, 9.17) is 0 Å². The maximum Gasteiger partial charge on any atom is 0.416 e. The van der Waals surface area contributed by atoms with Crippen LogP contribution in [-0.2, 0) is 6.18 Å². The summed E-state index contributed by atoms with van der Waals surface area (Å²) in [5, 5.41) is 12.8. The van der Waals surface area contributed by atoms with Gasteiger partial charge in [-0.25, -0.2) is 4.79 Å². The second-order valence-corrected chi connectivity index (χ2v) is 6.89. The Kier molecular flexibility index (Phi) is 5.40. The van der Waals surface area contributed by atoms with Gasteiger partial charge >= 0.3 is 12.2 Å². The molecule has 0 spiro atoms. The number of anilines is 1. The molecule has 0 bridgehead atoms. The van der Waals surface area contributed by atoms with Gasteiger partial charge in [-0.1, -0.05) is 6.07 Å². The average Bonchev–Trinajstić information content (AvgIpc) is 2.97. The van der Waals surface area contributed by atoms with Crippen molar-refractivity contribution in [3.8, 4) is 0 Å². The first-order chi connectivity index (χ1) is 12.2. The molecule has 144 valence electrons. The van der Waals surface area contributed by atoms with Gasteiger partial charge < -0.3 is 20.2 Å². The van der Waals surface area contributed by atoms with Gasteiger partial charge in [-0.2, -0.15) is 13.2 Å². The number of benzene rings is 1. The van der Waals surface area contributed by atoms with E-state index < -0.39 is 23.9 Å². The summed E-state index contributed by atoms with van der Waals surface area (Å²) in [5.74, 6) is 0. The highest BCUT2D eigenvalue weighted by atomic mass is 19.4. The zero-order chi connectivity index (χ0) is 18.9. The maximum atomic E-state index is 12.8. The predicted molar refractivity (Wildman–Crippen MR) is 90.9 cm³/mol. The zero-order valence-corrected chi connectivity index (χ0v) is 14.5. The Labute approximate surface area is 150 Å². The molecule has 26 heavy (non-hydrogen) atoms. The number of aliphatic hydroxyl groups excluding tert-OH is 1. The topological polar surface area (TPSA) is 59.0 Å². The normalized spacial score (nSPS) is 25.5. The molecule has 9 heteroatoms. The SMILES string of the molecule is CN1CCN([C@@H]2CN(C(=O)Nc3cccc(C(F)(F)F)c3)C[C@H]2O)CC1. The molecule has 6 nitrogen and oxygen atoms in total. The summed E-state index contributed by atoms with van der Waals surface area (Å²) >= 11 is 0. The van der Waals surface area contributed by atoms with Gasteiger partial charge in [0, 0.05) is 38.4 Å². The van der Waals surface area contributed by atoms with Crippen molar-refractivity contribution in [3.05, 3.63) is 29.8 Å². The van der Waals surface area contributed by atoms with Gasteiger partial charge in [-0.15, -0.1) is 0 Å². The molecule has 2 atom stereocenters. The first kappa shape index (κ1) is 18.9. The van der Waals surface area contributed by atoms with Gasteiger partial charge in [0.1, 0.15) is 0 Å². The lowest BCUT2D eigenvalue weighted by Crippen LogP contribution is -2.52. The van der Waals surface area contributed by atoms with Gasteiger partial charge in [0.05, 0.1) is 24.3 Å². The van der Waals surface area contributed by atoms with Crippen molar-refractivity contribution in [1.82, 2.24) is 14.7 Å². The maximum absolute atomic E-state index is 12.8. The first-order valence-electron chi connectivity index (χ1n) is 8.58. The molecule has 2 aliphatic rings. The molecule has 2 saturated heterocycles. The summed E-state index contributed by atoms with van der Waals surface area (Å²) in [6.45, 7) is 3.97. The zero-order valence-electron chi connectivity index (χ0n) is 14.5. The highest BCUT2D eigenvalue weighted by molar-refractivity contribution is 5.89. The number of nitrogens with zero attached hydrogens (tertiary/aromatic N) is 3. The monoisotopic (exact) mass is 372 g/mol. The number of likely N-dealkylation sites (tertiary alicyclic amines) is 1. The van der Waals surface area contributed by atoms with E-state index in [1.54, 1.807) is 0 Å². The van der Waals surface area contributed by atoms with Crippen molar-refractivity contribution in [2.24, 2.45) is 0 Å². The summed E-state index contributed by atoms with van der Waals surface area (Å²) in [5.41, 5.74) is -0.727. The Bertz CT molecular complexity index is 647. The lowest BCUT2D eigenvalue weighted by atomic mass is 10.1. The number of nitrogens with one attached hydrogen (secondary N) is 1. The summed E-state index contributed by atoms with van der Waals surface area (Å²) in [6.07, 6.45) is -5.12. The minimum atomic E-state index is -4.46. The van der Waals surface area contributed by atoms with Crippen LogP contribution in [0.4, 0.5) is 23.7 Å². The Morgan fingerprint density at radius 1 is 1.19 bits per heavy atom. The van der Waals surface area contributed by atoms with Crippen LogP contribution in [0.25, 0.3) is 0 Å². The Hall–Kier alpha value is -1.84. The van der Waals surface area contributed by atoms with Gasteiger partial charge in [-0.3, -0.25) is 4.90 Å². The van der Waals surface area contributed by atoms with E-state index in [1.807, 2.05) is 7.05 Å². The molecule has 0 unspecified atom stereocenters. The molecule has 2 fully saturated rings. The predicted octanol–water partition coefficient (Wildman–Crippen LogP) is 1.53. The summed E-state index contributed by atoms with van der Waals surface area (Å²) in [7, 11) is 2.04. The third-order valence-electron chi connectivity index (χ3n) is 4.99. The van der Waals surface area contributed by atoms with Crippen LogP contribution in [0, 0.1) is 0 Å². The molecular formula is C17H23F3N4O2. The van der Waals surface area contributed by atoms with E-state index in [0.717, 1.165) is 38.3 Å². The summed E-state index contributed by atoms with van der Waals surface area (Å²) < 4.78 is 38.3. The van der Waals surface area contributed by atoms with Crippen molar-refractivity contribution in [3.63, 3.8) is 0 Å². The summed E-state index contributed by atoms with van der Waals surface area (Å²) in [4.78, 5) is 18.2. The molecule has 0 aromatic heterocycles. The molecule has 2 aliphatic heterocycles. The number of hydrogen-bond acceptors (Lipinski definition) is 4. The van der Waals surface area contributed by atoms with Crippen molar-refractivity contribution in [2.45, 2.75) is 18.3 Å². The number of likely N-dealkylation sites (N-methyl/N-ethyl adjacent to an activating group) is 1. The van der Waals surface area contributed by atoms with E-state index in [1.165, 1.54) is 17.0 Å². The van der Waals surface area contributed by atoms with Crippen molar-refractivity contribution >= 4 is 11.7 Å². The number of halogens is 3. The van der Waals surface area contributed by atoms with Crippen LogP contribution in [0.15, 0.2) is 24.3 Å². The fraction of sp³-hybridized carbons (Fsp3) is 0.588. The van der Waals surface area contributed by atoms with E-state index in [0.29, 0.717) is 6.54 Å². The van der Waals surface area contributed by atoms with Crippen LogP contribution < -0.4 is 5.32 Å². The number of urea groups is 1. The molecule has 3 rings (SSSR count).